The minimum atomic E-state index is -0.772. The lowest BCUT2D eigenvalue weighted by Crippen LogP contribution is -2.11. The summed E-state index contributed by atoms with van der Waals surface area (Å²) in [4.78, 5) is 15.5. The Kier molecular flexibility index (Phi) is 6.92. The first-order chi connectivity index (χ1) is 17.4. The summed E-state index contributed by atoms with van der Waals surface area (Å²) in [5.74, 6) is -0.0905. The van der Waals surface area contributed by atoms with Gasteiger partial charge in [0.2, 0.25) is 0 Å². The number of carboxylic acids is 1. The van der Waals surface area contributed by atoms with Crippen molar-refractivity contribution in [2.75, 3.05) is 25.1 Å². The highest BCUT2D eigenvalue weighted by Gasteiger charge is 2.45. The van der Waals surface area contributed by atoms with Crippen LogP contribution in [0.1, 0.15) is 41.1 Å². The van der Waals surface area contributed by atoms with E-state index in [-0.39, 0.29) is 17.7 Å². The molecule has 0 spiro atoms. The zero-order valence-electron chi connectivity index (χ0n) is 20.6. The van der Waals surface area contributed by atoms with Crippen molar-refractivity contribution in [2.45, 2.75) is 39.2 Å². The first-order valence-electron chi connectivity index (χ1n) is 12.4. The van der Waals surface area contributed by atoms with Crippen molar-refractivity contribution >= 4 is 11.7 Å². The summed E-state index contributed by atoms with van der Waals surface area (Å²) in [6.07, 6.45) is 3.35. The number of rotatable bonds is 9. The lowest BCUT2D eigenvalue weighted by Gasteiger charge is -2.16. The van der Waals surface area contributed by atoms with Gasteiger partial charge in [0.25, 0.3) is 0 Å². The quantitative estimate of drug-likeness (QED) is 0.399. The van der Waals surface area contributed by atoms with E-state index in [2.05, 4.69) is 24.1 Å². The maximum absolute atomic E-state index is 14.7. The van der Waals surface area contributed by atoms with Gasteiger partial charge in [-0.15, -0.1) is 0 Å². The molecule has 188 valence electrons. The van der Waals surface area contributed by atoms with Crippen LogP contribution >= 0.6 is 0 Å². The largest absolute Gasteiger partial charge is 0.493 e. The van der Waals surface area contributed by atoms with Gasteiger partial charge in [0.1, 0.15) is 11.6 Å². The van der Waals surface area contributed by atoms with Crippen molar-refractivity contribution in [3.63, 3.8) is 0 Å². The number of aromatic nitrogens is 1. The first-order valence-corrected chi connectivity index (χ1v) is 12.4. The molecule has 5 rings (SSSR count). The zero-order valence-corrected chi connectivity index (χ0v) is 20.6. The number of halogens is 1. The van der Waals surface area contributed by atoms with Crippen LogP contribution in [-0.2, 0) is 16.1 Å². The lowest BCUT2D eigenvalue weighted by molar-refractivity contribution is -0.138. The summed E-state index contributed by atoms with van der Waals surface area (Å²) >= 11 is 0. The van der Waals surface area contributed by atoms with Crippen molar-refractivity contribution in [3.8, 4) is 16.9 Å². The van der Waals surface area contributed by atoms with Gasteiger partial charge in [0.05, 0.1) is 31.0 Å². The maximum Gasteiger partial charge on any atom is 0.307 e. The van der Waals surface area contributed by atoms with E-state index in [0.29, 0.717) is 31.1 Å². The fourth-order valence-electron chi connectivity index (χ4n) is 4.98. The zero-order chi connectivity index (χ0) is 25.2. The second kappa shape index (κ2) is 10.3. The molecule has 3 atom stereocenters. The molecule has 1 aliphatic carbocycles. The number of nitrogens with zero attached hydrogens (tertiary/aromatic N) is 1. The molecule has 1 aromatic heterocycles. The Labute approximate surface area is 210 Å². The average Bonchev–Trinajstić information content (AvgIpc) is 3.50. The fourth-order valence-corrected chi connectivity index (χ4v) is 4.98. The van der Waals surface area contributed by atoms with Gasteiger partial charge < -0.3 is 19.9 Å². The molecule has 36 heavy (non-hydrogen) atoms. The number of ether oxygens (including phenoxy) is 2. The Morgan fingerprint density at radius 3 is 2.64 bits per heavy atom. The highest BCUT2D eigenvalue weighted by molar-refractivity contribution is 5.75. The molecule has 2 aromatic carbocycles. The topological polar surface area (TPSA) is 80.7 Å². The Morgan fingerprint density at radius 2 is 2.00 bits per heavy atom. The Bertz CT molecular complexity index is 1230. The number of carbonyl (C=O) groups is 1. The molecule has 0 radical (unpaired) electrons. The van der Waals surface area contributed by atoms with Crippen molar-refractivity contribution in [3.05, 3.63) is 76.9 Å². The average molecular weight is 491 g/mol. The van der Waals surface area contributed by atoms with Crippen molar-refractivity contribution in [1.82, 2.24) is 4.98 Å². The van der Waals surface area contributed by atoms with E-state index in [1.54, 1.807) is 6.20 Å². The van der Waals surface area contributed by atoms with Crippen LogP contribution in [0.4, 0.5) is 10.1 Å². The second-order valence-electron chi connectivity index (χ2n) is 9.89. The summed E-state index contributed by atoms with van der Waals surface area (Å²) in [5.41, 5.74) is 6.31. The molecule has 3 aromatic rings. The van der Waals surface area contributed by atoms with Gasteiger partial charge in [-0.3, -0.25) is 9.78 Å². The van der Waals surface area contributed by atoms with Crippen LogP contribution in [0.15, 0.2) is 48.7 Å². The van der Waals surface area contributed by atoms with Crippen molar-refractivity contribution in [2.24, 2.45) is 11.8 Å². The van der Waals surface area contributed by atoms with Crippen LogP contribution < -0.4 is 10.1 Å². The number of hydrogen-bond donors (Lipinski definition) is 2. The molecule has 0 amide bonds. The molecule has 2 heterocycles. The summed E-state index contributed by atoms with van der Waals surface area (Å²) < 4.78 is 26.1. The molecule has 2 N–H and O–H groups in total. The summed E-state index contributed by atoms with van der Waals surface area (Å²) in [5, 5.41) is 12.3. The molecule has 0 bridgehead atoms. The number of nitrogens with one attached hydrogen (secondary N) is 1. The number of pyridine rings is 1. The van der Waals surface area contributed by atoms with E-state index in [4.69, 9.17) is 14.6 Å². The SMILES string of the molecule is Cc1cc(OCC2CCOC2)cc(C)c1-c1ccc(F)c(CNc2ccc([C@H]3C[C@@H]3C(=O)O)nc2)c1. The molecule has 2 aliphatic rings. The summed E-state index contributed by atoms with van der Waals surface area (Å²) in [6.45, 7) is 6.64. The third-order valence-corrected chi connectivity index (χ3v) is 7.11. The molecule has 6 nitrogen and oxygen atoms in total. The molecule has 1 aliphatic heterocycles. The smallest absolute Gasteiger partial charge is 0.307 e. The first kappa shape index (κ1) is 24.3. The minimum absolute atomic E-state index is 0.00864. The Morgan fingerprint density at radius 1 is 1.19 bits per heavy atom. The highest BCUT2D eigenvalue weighted by atomic mass is 19.1. The van der Waals surface area contributed by atoms with Gasteiger partial charge in [-0.05, 0) is 85.3 Å². The number of aryl methyl sites for hydroxylation is 2. The molecule has 7 heteroatoms. The van der Waals surface area contributed by atoms with E-state index >= 15 is 0 Å². The number of aliphatic carboxylic acids is 1. The standard InChI is InChI=1S/C29H31FN2O4/c1-17-9-23(36-16-19-7-8-35-15-19)10-18(2)28(17)20-3-5-26(30)21(11-20)13-31-22-4-6-27(32-14-22)24-12-25(24)29(33)34/h3-6,9-11,14,19,24-25,31H,7-8,12-13,15-16H2,1-2H3,(H,33,34)/t19?,24-,25-/m0/s1. The third kappa shape index (κ3) is 5.36. The second-order valence-corrected chi connectivity index (χ2v) is 9.89. The number of anilines is 1. The van der Waals surface area contributed by atoms with Gasteiger partial charge in [-0.25, -0.2) is 4.39 Å². The van der Waals surface area contributed by atoms with E-state index in [1.165, 1.54) is 6.07 Å². The Hall–Kier alpha value is -3.45. The van der Waals surface area contributed by atoms with Crippen molar-refractivity contribution < 1.29 is 23.8 Å². The summed E-state index contributed by atoms with van der Waals surface area (Å²) in [6, 6.07) is 13.0. The lowest BCUT2D eigenvalue weighted by atomic mass is 9.94. The number of carboxylic acid groups (broad SMARTS) is 1. The molecular weight excluding hydrogens is 459 g/mol. The highest BCUT2D eigenvalue weighted by Crippen LogP contribution is 2.46. The molecule has 1 unspecified atom stereocenters. The van der Waals surface area contributed by atoms with Gasteiger partial charge >= 0.3 is 5.97 Å². The van der Waals surface area contributed by atoms with E-state index in [1.807, 2.05) is 36.4 Å². The predicted octanol–water partition coefficient (Wildman–Crippen LogP) is 5.72. The van der Waals surface area contributed by atoms with Crippen LogP contribution in [0.2, 0.25) is 0 Å². The van der Waals surface area contributed by atoms with Crippen LogP contribution in [0.3, 0.4) is 0 Å². The normalized spacial score (nSPS) is 20.8. The van der Waals surface area contributed by atoms with E-state index in [9.17, 15) is 9.18 Å². The number of benzene rings is 2. The third-order valence-electron chi connectivity index (χ3n) is 7.11. The minimum Gasteiger partial charge on any atom is -0.493 e. The van der Waals surface area contributed by atoms with Gasteiger partial charge in [0, 0.05) is 36.2 Å². The van der Waals surface area contributed by atoms with Crippen molar-refractivity contribution in [1.29, 1.82) is 0 Å². The van der Waals surface area contributed by atoms with Gasteiger partial charge in [-0.1, -0.05) is 6.07 Å². The molecule has 1 saturated heterocycles. The predicted molar refractivity (Wildman–Crippen MR) is 136 cm³/mol. The van der Waals surface area contributed by atoms with Gasteiger partial charge in [0.15, 0.2) is 0 Å². The monoisotopic (exact) mass is 490 g/mol. The van der Waals surface area contributed by atoms with Gasteiger partial charge in [-0.2, -0.15) is 0 Å². The molecular formula is C29H31FN2O4. The van der Waals surface area contributed by atoms with E-state index < -0.39 is 5.97 Å². The molecule has 2 fully saturated rings. The Balaban J connectivity index is 1.26. The maximum atomic E-state index is 14.7. The van der Waals surface area contributed by atoms with Crippen LogP contribution in [0.25, 0.3) is 11.1 Å². The number of hydrogen-bond acceptors (Lipinski definition) is 5. The fraction of sp³-hybridized carbons (Fsp3) is 0.379. The van der Waals surface area contributed by atoms with Crippen LogP contribution in [0, 0.1) is 31.5 Å². The van der Waals surface area contributed by atoms with Crippen LogP contribution in [-0.4, -0.2) is 35.9 Å². The van der Waals surface area contributed by atoms with Crippen LogP contribution in [0.5, 0.6) is 5.75 Å². The summed E-state index contributed by atoms with van der Waals surface area (Å²) in [7, 11) is 0. The molecule has 1 saturated carbocycles. The van der Waals surface area contributed by atoms with E-state index in [0.717, 1.165) is 59.0 Å².